The molecule has 0 unspecified atom stereocenters. The van der Waals surface area contributed by atoms with Gasteiger partial charge in [0.05, 0.1) is 7.11 Å². The molecule has 0 fully saturated rings. The van der Waals surface area contributed by atoms with E-state index in [2.05, 4.69) is 9.97 Å². The predicted molar refractivity (Wildman–Crippen MR) is 56.8 cm³/mol. The summed E-state index contributed by atoms with van der Waals surface area (Å²) in [7, 11) is 1.55. The molecule has 0 aromatic carbocycles. The molecular formula is C11H10N2O2. The van der Waals surface area contributed by atoms with Crippen molar-refractivity contribution in [3.05, 3.63) is 47.0 Å². The zero-order valence-electron chi connectivity index (χ0n) is 8.23. The minimum absolute atomic E-state index is 0.121. The van der Waals surface area contributed by atoms with Crippen LogP contribution in [0.5, 0.6) is 5.88 Å². The molecule has 2 heterocycles. The summed E-state index contributed by atoms with van der Waals surface area (Å²) in [6.45, 7) is 0. The molecule has 2 rings (SSSR count). The van der Waals surface area contributed by atoms with Gasteiger partial charge in [-0.05, 0) is 18.2 Å². The van der Waals surface area contributed by atoms with Gasteiger partial charge in [-0.15, -0.1) is 0 Å². The van der Waals surface area contributed by atoms with Crippen LogP contribution in [0.4, 0.5) is 0 Å². The van der Waals surface area contributed by atoms with Gasteiger partial charge < -0.3 is 9.72 Å². The van der Waals surface area contributed by atoms with E-state index in [0.29, 0.717) is 11.4 Å². The number of ether oxygens (including phenoxy) is 1. The van der Waals surface area contributed by atoms with E-state index in [-0.39, 0.29) is 5.56 Å². The second kappa shape index (κ2) is 3.96. The molecular weight excluding hydrogens is 192 g/mol. The number of aromatic amines is 1. The van der Waals surface area contributed by atoms with E-state index < -0.39 is 0 Å². The summed E-state index contributed by atoms with van der Waals surface area (Å²) in [4.78, 5) is 18.1. The Hall–Kier alpha value is -2.10. The monoisotopic (exact) mass is 202 g/mol. The van der Waals surface area contributed by atoms with E-state index in [4.69, 9.17) is 4.74 Å². The Balaban J connectivity index is 2.46. The second-order valence-electron chi connectivity index (χ2n) is 3.00. The van der Waals surface area contributed by atoms with Crippen molar-refractivity contribution in [1.82, 2.24) is 9.97 Å². The molecule has 0 saturated carbocycles. The van der Waals surface area contributed by atoms with Gasteiger partial charge in [0.2, 0.25) is 5.88 Å². The lowest BCUT2D eigenvalue weighted by molar-refractivity contribution is 0.398. The van der Waals surface area contributed by atoms with Crippen LogP contribution in [0.2, 0.25) is 0 Å². The van der Waals surface area contributed by atoms with Crippen molar-refractivity contribution in [3.8, 4) is 17.0 Å². The summed E-state index contributed by atoms with van der Waals surface area (Å²) in [6.07, 6.45) is 3.21. The van der Waals surface area contributed by atoms with Crippen molar-refractivity contribution in [2.75, 3.05) is 7.11 Å². The molecule has 0 aliphatic heterocycles. The van der Waals surface area contributed by atoms with Gasteiger partial charge in [-0.1, -0.05) is 0 Å². The second-order valence-corrected chi connectivity index (χ2v) is 3.00. The highest BCUT2D eigenvalue weighted by Gasteiger charge is 2.02. The van der Waals surface area contributed by atoms with E-state index in [1.165, 1.54) is 0 Å². The third-order valence-electron chi connectivity index (χ3n) is 2.07. The molecule has 0 aliphatic carbocycles. The molecule has 0 spiro atoms. The summed E-state index contributed by atoms with van der Waals surface area (Å²) in [5, 5.41) is 0. The third kappa shape index (κ3) is 1.88. The smallest absolute Gasteiger partial charge is 0.255 e. The molecule has 4 heteroatoms. The average molecular weight is 202 g/mol. The molecule has 0 atom stereocenters. The minimum atomic E-state index is -0.121. The van der Waals surface area contributed by atoms with Crippen LogP contribution in [0, 0.1) is 0 Å². The molecule has 0 radical (unpaired) electrons. The standard InChI is InChI=1S/C11H10N2O2/c1-15-10-5-4-8(7-13-10)9-3-2-6-12-11(9)14/h2-7H,1H3,(H,12,14). The van der Waals surface area contributed by atoms with Crippen LogP contribution in [-0.4, -0.2) is 17.1 Å². The fraction of sp³-hybridized carbons (Fsp3) is 0.0909. The zero-order valence-corrected chi connectivity index (χ0v) is 8.23. The van der Waals surface area contributed by atoms with Crippen molar-refractivity contribution in [3.63, 3.8) is 0 Å². The van der Waals surface area contributed by atoms with Gasteiger partial charge >= 0.3 is 0 Å². The van der Waals surface area contributed by atoms with Crippen molar-refractivity contribution in [2.24, 2.45) is 0 Å². The van der Waals surface area contributed by atoms with E-state index >= 15 is 0 Å². The SMILES string of the molecule is COc1ccc(-c2ccc[nH]c2=O)cn1. The van der Waals surface area contributed by atoms with E-state index in [0.717, 1.165) is 5.56 Å². The van der Waals surface area contributed by atoms with E-state index in [1.807, 2.05) is 0 Å². The number of methoxy groups -OCH3 is 1. The lowest BCUT2D eigenvalue weighted by Gasteiger charge is -2.01. The normalized spacial score (nSPS) is 9.93. The number of H-pyrrole nitrogens is 1. The van der Waals surface area contributed by atoms with Crippen LogP contribution in [0.15, 0.2) is 41.5 Å². The Morgan fingerprint density at radius 2 is 2.20 bits per heavy atom. The number of nitrogens with zero attached hydrogens (tertiary/aromatic N) is 1. The quantitative estimate of drug-likeness (QED) is 0.801. The molecule has 1 N–H and O–H groups in total. The van der Waals surface area contributed by atoms with Crippen molar-refractivity contribution in [1.29, 1.82) is 0 Å². The Kier molecular flexibility index (Phi) is 2.49. The van der Waals surface area contributed by atoms with Gasteiger partial charge in [0, 0.05) is 29.6 Å². The highest BCUT2D eigenvalue weighted by atomic mass is 16.5. The summed E-state index contributed by atoms with van der Waals surface area (Å²) >= 11 is 0. The molecule has 0 amide bonds. The topological polar surface area (TPSA) is 55.0 Å². The predicted octanol–water partition coefficient (Wildman–Crippen LogP) is 1.45. The average Bonchev–Trinajstić information content (AvgIpc) is 2.30. The lowest BCUT2D eigenvalue weighted by Crippen LogP contribution is -2.06. The molecule has 4 nitrogen and oxygen atoms in total. The molecule has 0 aliphatic rings. The maximum atomic E-state index is 11.5. The first-order chi connectivity index (χ1) is 7.31. The number of rotatable bonds is 2. The van der Waals surface area contributed by atoms with Crippen molar-refractivity contribution in [2.45, 2.75) is 0 Å². The van der Waals surface area contributed by atoms with Crippen molar-refractivity contribution < 1.29 is 4.74 Å². The van der Waals surface area contributed by atoms with Crippen LogP contribution >= 0.6 is 0 Å². The molecule has 76 valence electrons. The number of pyridine rings is 2. The van der Waals surface area contributed by atoms with Crippen molar-refractivity contribution >= 4 is 0 Å². The van der Waals surface area contributed by atoms with Gasteiger partial charge in [-0.25, -0.2) is 4.98 Å². The van der Waals surface area contributed by atoms with Gasteiger partial charge in [-0.3, -0.25) is 4.79 Å². The minimum Gasteiger partial charge on any atom is -0.481 e. The zero-order chi connectivity index (χ0) is 10.7. The molecule has 15 heavy (non-hydrogen) atoms. The Morgan fingerprint density at radius 3 is 2.80 bits per heavy atom. The molecule has 2 aromatic rings. The Labute approximate surface area is 86.6 Å². The fourth-order valence-corrected chi connectivity index (χ4v) is 1.31. The number of nitrogens with one attached hydrogen (secondary N) is 1. The van der Waals surface area contributed by atoms with Gasteiger partial charge in [0.25, 0.3) is 5.56 Å². The van der Waals surface area contributed by atoms with Crippen LogP contribution in [-0.2, 0) is 0 Å². The first kappa shape index (κ1) is 9.45. The number of hydrogen-bond acceptors (Lipinski definition) is 3. The number of hydrogen-bond donors (Lipinski definition) is 1. The van der Waals surface area contributed by atoms with Crippen LogP contribution < -0.4 is 10.3 Å². The fourth-order valence-electron chi connectivity index (χ4n) is 1.31. The highest BCUT2D eigenvalue weighted by molar-refractivity contribution is 5.61. The first-order valence-electron chi connectivity index (χ1n) is 4.49. The molecule has 2 aromatic heterocycles. The summed E-state index contributed by atoms with van der Waals surface area (Å²) in [5.41, 5.74) is 1.26. The van der Waals surface area contributed by atoms with Gasteiger partial charge in [0.15, 0.2) is 0 Å². The summed E-state index contributed by atoms with van der Waals surface area (Å²) in [6, 6.07) is 7.06. The lowest BCUT2D eigenvalue weighted by atomic mass is 10.1. The Bertz CT molecular complexity index is 502. The largest absolute Gasteiger partial charge is 0.481 e. The van der Waals surface area contributed by atoms with Crippen LogP contribution in [0.3, 0.4) is 0 Å². The molecule has 0 saturated heterocycles. The van der Waals surface area contributed by atoms with Crippen LogP contribution in [0.25, 0.3) is 11.1 Å². The summed E-state index contributed by atoms with van der Waals surface area (Å²) < 4.78 is 4.94. The van der Waals surface area contributed by atoms with E-state index in [1.54, 1.807) is 43.8 Å². The van der Waals surface area contributed by atoms with Gasteiger partial charge in [0.1, 0.15) is 0 Å². The third-order valence-corrected chi connectivity index (χ3v) is 2.07. The number of aromatic nitrogens is 2. The maximum absolute atomic E-state index is 11.5. The highest BCUT2D eigenvalue weighted by Crippen LogP contribution is 2.15. The Morgan fingerprint density at radius 1 is 1.33 bits per heavy atom. The maximum Gasteiger partial charge on any atom is 0.255 e. The summed E-state index contributed by atoms with van der Waals surface area (Å²) in [5.74, 6) is 0.533. The van der Waals surface area contributed by atoms with E-state index in [9.17, 15) is 4.79 Å². The molecule has 0 bridgehead atoms. The van der Waals surface area contributed by atoms with Gasteiger partial charge in [-0.2, -0.15) is 0 Å². The van der Waals surface area contributed by atoms with Crippen LogP contribution in [0.1, 0.15) is 0 Å². The first-order valence-corrected chi connectivity index (χ1v) is 4.49.